The van der Waals surface area contributed by atoms with Crippen molar-refractivity contribution >= 4 is 11.9 Å². The van der Waals surface area contributed by atoms with Crippen LogP contribution in [0.4, 0.5) is 5.95 Å². The molecule has 0 saturated heterocycles. The topological polar surface area (TPSA) is 83.8 Å². The molecule has 0 aliphatic heterocycles. The van der Waals surface area contributed by atoms with Gasteiger partial charge in [0, 0.05) is 18.9 Å². The van der Waals surface area contributed by atoms with E-state index < -0.39 is 5.41 Å². The number of aromatic nitrogens is 2. The summed E-state index contributed by atoms with van der Waals surface area (Å²) in [6.45, 7) is 0.416. The number of nitrogens with zero attached hydrogens (tertiary/aromatic N) is 1. The van der Waals surface area contributed by atoms with E-state index in [1.807, 2.05) is 0 Å². The first-order chi connectivity index (χ1) is 8.27. The van der Waals surface area contributed by atoms with Gasteiger partial charge in [0.05, 0.1) is 5.41 Å². The molecule has 0 aromatic carbocycles. The van der Waals surface area contributed by atoms with Gasteiger partial charge in [-0.3, -0.25) is 10.1 Å². The largest absolute Gasteiger partial charge is 0.331 e. The van der Waals surface area contributed by atoms with Crippen LogP contribution in [0.1, 0.15) is 38.5 Å². The Morgan fingerprint density at radius 3 is 2.65 bits per heavy atom. The summed E-state index contributed by atoms with van der Waals surface area (Å²) in [5.74, 6) is 0.518. The van der Waals surface area contributed by atoms with Crippen LogP contribution in [0.3, 0.4) is 0 Å². The molecule has 1 amide bonds. The Morgan fingerprint density at radius 2 is 2.12 bits per heavy atom. The Bertz CT molecular complexity index is 353. The summed E-state index contributed by atoms with van der Waals surface area (Å²) in [5, 5.41) is 2.83. The van der Waals surface area contributed by atoms with Crippen molar-refractivity contribution in [1.29, 1.82) is 0 Å². The molecule has 1 heterocycles. The molecule has 94 valence electrons. The van der Waals surface area contributed by atoms with Crippen molar-refractivity contribution in [3.8, 4) is 0 Å². The molecule has 1 aliphatic rings. The number of nitrogens with one attached hydrogen (secondary N) is 2. The molecule has 1 aromatic heterocycles. The summed E-state index contributed by atoms with van der Waals surface area (Å²) < 4.78 is 0. The van der Waals surface area contributed by atoms with Crippen molar-refractivity contribution in [2.45, 2.75) is 38.5 Å². The molecule has 1 aliphatic carbocycles. The molecule has 0 radical (unpaired) electrons. The number of anilines is 1. The predicted octanol–water partition coefficient (Wildman–Crippen LogP) is 1.65. The Balaban J connectivity index is 2.07. The number of hydrogen-bond donors (Lipinski definition) is 3. The standard InChI is InChI=1S/C12H20N4O/c13-9-12(5-3-1-2-4-6-12)10(17)16-11-14-7-8-15-11/h7-8H,1-6,9,13H2,(H2,14,15,16,17). The second-order valence-corrected chi connectivity index (χ2v) is 4.79. The van der Waals surface area contributed by atoms with E-state index in [0.717, 1.165) is 25.7 Å². The van der Waals surface area contributed by atoms with Gasteiger partial charge in [0.15, 0.2) is 0 Å². The summed E-state index contributed by atoms with van der Waals surface area (Å²) in [5.41, 5.74) is 5.45. The molecule has 0 bridgehead atoms. The SMILES string of the molecule is NCC1(C(=O)Nc2ncc[nH]2)CCCCCC1. The molecular formula is C12H20N4O. The number of hydrogen-bond acceptors (Lipinski definition) is 3. The fourth-order valence-corrected chi connectivity index (χ4v) is 2.50. The predicted molar refractivity (Wildman–Crippen MR) is 66.4 cm³/mol. The minimum absolute atomic E-state index is 0.0110. The maximum Gasteiger partial charge on any atom is 0.234 e. The maximum absolute atomic E-state index is 12.3. The van der Waals surface area contributed by atoms with Crippen molar-refractivity contribution in [2.75, 3.05) is 11.9 Å². The quantitative estimate of drug-likeness (QED) is 0.698. The summed E-state index contributed by atoms with van der Waals surface area (Å²) >= 11 is 0. The summed E-state index contributed by atoms with van der Waals surface area (Å²) in [4.78, 5) is 19.2. The summed E-state index contributed by atoms with van der Waals surface area (Å²) in [7, 11) is 0. The number of carbonyl (C=O) groups excluding carboxylic acids is 1. The van der Waals surface area contributed by atoms with Gasteiger partial charge in [0.1, 0.15) is 0 Å². The molecule has 0 atom stereocenters. The number of amides is 1. The zero-order chi connectivity index (χ0) is 12.1. The smallest absolute Gasteiger partial charge is 0.234 e. The highest BCUT2D eigenvalue weighted by Crippen LogP contribution is 2.35. The summed E-state index contributed by atoms with van der Waals surface area (Å²) in [6, 6.07) is 0. The normalized spacial score (nSPS) is 19.6. The lowest BCUT2D eigenvalue weighted by Gasteiger charge is -2.29. The number of nitrogens with two attached hydrogens (primary N) is 1. The first-order valence-corrected chi connectivity index (χ1v) is 6.28. The molecule has 5 heteroatoms. The van der Waals surface area contributed by atoms with E-state index in [-0.39, 0.29) is 5.91 Å². The van der Waals surface area contributed by atoms with Crippen LogP contribution in [0.25, 0.3) is 0 Å². The van der Waals surface area contributed by atoms with Crippen LogP contribution in [-0.2, 0) is 4.79 Å². The molecule has 1 fully saturated rings. The maximum atomic E-state index is 12.3. The molecule has 5 nitrogen and oxygen atoms in total. The molecular weight excluding hydrogens is 216 g/mol. The van der Waals surface area contributed by atoms with E-state index >= 15 is 0 Å². The van der Waals surface area contributed by atoms with Crippen LogP contribution < -0.4 is 11.1 Å². The zero-order valence-electron chi connectivity index (χ0n) is 10.0. The van der Waals surface area contributed by atoms with E-state index in [0.29, 0.717) is 12.5 Å². The van der Waals surface area contributed by atoms with Crippen molar-refractivity contribution in [2.24, 2.45) is 11.1 Å². The third kappa shape index (κ3) is 2.66. The Kier molecular flexibility index (Phi) is 3.78. The molecule has 1 saturated carbocycles. The van der Waals surface area contributed by atoms with Crippen molar-refractivity contribution in [3.63, 3.8) is 0 Å². The van der Waals surface area contributed by atoms with Crippen molar-refractivity contribution < 1.29 is 4.79 Å². The van der Waals surface area contributed by atoms with Crippen LogP contribution >= 0.6 is 0 Å². The fraction of sp³-hybridized carbons (Fsp3) is 0.667. The molecule has 2 rings (SSSR count). The fourth-order valence-electron chi connectivity index (χ4n) is 2.50. The first kappa shape index (κ1) is 12.1. The molecule has 0 spiro atoms. The third-order valence-corrected chi connectivity index (χ3v) is 3.66. The van der Waals surface area contributed by atoms with E-state index in [1.165, 1.54) is 12.8 Å². The average molecular weight is 236 g/mol. The van der Waals surface area contributed by atoms with Gasteiger partial charge >= 0.3 is 0 Å². The number of rotatable bonds is 3. The van der Waals surface area contributed by atoms with Crippen molar-refractivity contribution in [1.82, 2.24) is 9.97 Å². The third-order valence-electron chi connectivity index (χ3n) is 3.66. The van der Waals surface area contributed by atoms with E-state index in [4.69, 9.17) is 5.73 Å². The van der Waals surface area contributed by atoms with Gasteiger partial charge in [-0.05, 0) is 12.8 Å². The van der Waals surface area contributed by atoms with Gasteiger partial charge < -0.3 is 10.7 Å². The molecule has 0 unspecified atom stereocenters. The first-order valence-electron chi connectivity index (χ1n) is 6.28. The van der Waals surface area contributed by atoms with Gasteiger partial charge in [-0.15, -0.1) is 0 Å². The minimum Gasteiger partial charge on any atom is -0.331 e. The number of H-pyrrole nitrogens is 1. The zero-order valence-corrected chi connectivity index (χ0v) is 10.0. The van der Waals surface area contributed by atoms with Crippen LogP contribution in [0.15, 0.2) is 12.4 Å². The Morgan fingerprint density at radius 1 is 1.41 bits per heavy atom. The van der Waals surface area contributed by atoms with E-state index in [1.54, 1.807) is 12.4 Å². The number of imidazole rings is 1. The van der Waals surface area contributed by atoms with Gasteiger partial charge in [0.25, 0.3) is 0 Å². The van der Waals surface area contributed by atoms with Gasteiger partial charge in [-0.2, -0.15) is 0 Å². The highest BCUT2D eigenvalue weighted by atomic mass is 16.2. The average Bonchev–Trinajstić information content (AvgIpc) is 2.72. The highest BCUT2D eigenvalue weighted by Gasteiger charge is 2.37. The molecule has 4 N–H and O–H groups in total. The number of aromatic amines is 1. The monoisotopic (exact) mass is 236 g/mol. The molecule has 17 heavy (non-hydrogen) atoms. The minimum atomic E-state index is -0.400. The molecule has 1 aromatic rings. The Labute approximate surface area is 101 Å². The van der Waals surface area contributed by atoms with Crippen LogP contribution in [0, 0.1) is 5.41 Å². The van der Waals surface area contributed by atoms with Gasteiger partial charge in [0.2, 0.25) is 11.9 Å². The second-order valence-electron chi connectivity index (χ2n) is 4.79. The number of carbonyl (C=O) groups is 1. The lowest BCUT2D eigenvalue weighted by atomic mass is 9.79. The van der Waals surface area contributed by atoms with E-state index in [9.17, 15) is 4.79 Å². The second kappa shape index (κ2) is 5.31. The van der Waals surface area contributed by atoms with Gasteiger partial charge in [-0.25, -0.2) is 4.98 Å². The van der Waals surface area contributed by atoms with Crippen molar-refractivity contribution in [3.05, 3.63) is 12.4 Å². The lowest BCUT2D eigenvalue weighted by Crippen LogP contribution is -2.42. The van der Waals surface area contributed by atoms with Crippen LogP contribution in [0.5, 0.6) is 0 Å². The highest BCUT2D eigenvalue weighted by molar-refractivity contribution is 5.94. The summed E-state index contributed by atoms with van der Waals surface area (Å²) in [6.07, 6.45) is 9.67. The Hall–Kier alpha value is -1.36. The van der Waals surface area contributed by atoms with Crippen LogP contribution in [-0.4, -0.2) is 22.4 Å². The van der Waals surface area contributed by atoms with Crippen LogP contribution in [0.2, 0.25) is 0 Å². The van der Waals surface area contributed by atoms with Gasteiger partial charge in [-0.1, -0.05) is 25.7 Å². The van der Waals surface area contributed by atoms with E-state index in [2.05, 4.69) is 15.3 Å². The lowest BCUT2D eigenvalue weighted by molar-refractivity contribution is -0.125.